The van der Waals surface area contributed by atoms with Crippen molar-refractivity contribution in [3.63, 3.8) is 0 Å². The molecular formula is C15H14N2O9. The topological polar surface area (TPSA) is 162 Å². The zero-order chi connectivity index (χ0) is 19.1. The number of ether oxygens (including phenoxy) is 2. The minimum atomic E-state index is -0.908. The third kappa shape index (κ3) is 5.47. The lowest BCUT2D eigenvalue weighted by Crippen LogP contribution is -2.25. The van der Waals surface area contributed by atoms with Gasteiger partial charge < -0.3 is 23.3 Å². The number of carbonyl (C=O) groups is 2. The van der Waals surface area contributed by atoms with Crippen LogP contribution in [0.5, 0.6) is 0 Å². The number of esters is 2. The molecule has 0 radical (unpaired) electrons. The van der Waals surface area contributed by atoms with Crippen LogP contribution in [0.3, 0.4) is 0 Å². The molecule has 138 valence electrons. The SMILES string of the molecule is Cc1oc(=O)oc1COC(=O)/C=C/C(=O)OCCc1c[nH]c(=O)[nH]c1=O. The van der Waals surface area contributed by atoms with Crippen molar-refractivity contribution in [1.29, 1.82) is 0 Å². The van der Waals surface area contributed by atoms with Gasteiger partial charge in [0.1, 0.15) is 0 Å². The van der Waals surface area contributed by atoms with E-state index in [0.717, 1.165) is 12.2 Å². The Labute approximate surface area is 144 Å². The molecule has 11 heteroatoms. The molecule has 0 fully saturated rings. The Hall–Kier alpha value is -3.63. The van der Waals surface area contributed by atoms with Crippen LogP contribution in [-0.4, -0.2) is 28.5 Å². The number of hydrogen-bond acceptors (Lipinski definition) is 9. The van der Waals surface area contributed by atoms with Gasteiger partial charge in [-0.05, 0) is 6.92 Å². The summed E-state index contributed by atoms with van der Waals surface area (Å²) in [6.45, 7) is 1.01. The van der Waals surface area contributed by atoms with E-state index in [2.05, 4.69) is 13.8 Å². The summed E-state index contributed by atoms with van der Waals surface area (Å²) in [6, 6.07) is 0. The fourth-order valence-electron chi connectivity index (χ4n) is 1.76. The molecule has 2 aromatic rings. The van der Waals surface area contributed by atoms with Crippen molar-refractivity contribution >= 4 is 11.9 Å². The van der Waals surface area contributed by atoms with Gasteiger partial charge in [-0.25, -0.2) is 19.2 Å². The van der Waals surface area contributed by atoms with Gasteiger partial charge in [0.05, 0.1) is 6.61 Å². The smallest absolute Gasteiger partial charge is 0.462 e. The van der Waals surface area contributed by atoms with E-state index in [9.17, 15) is 24.0 Å². The Kier molecular flexibility index (Phi) is 6.09. The Bertz CT molecular complexity index is 989. The highest BCUT2D eigenvalue weighted by Gasteiger charge is 2.10. The van der Waals surface area contributed by atoms with E-state index in [4.69, 9.17) is 9.47 Å². The van der Waals surface area contributed by atoms with E-state index in [1.165, 1.54) is 13.1 Å². The van der Waals surface area contributed by atoms with Crippen molar-refractivity contribution in [3.8, 4) is 0 Å². The fraction of sp³-hybridized carbons (Fsp3) is 0.267. The first-order chi connectivity index (χ1) is 12.3. The summed E-state index contributed by atoms with van der Waals surface area (Å²) in [4.78, 5) is 60.4. The summed E-state index contributed by atoms with van der Waals surface area (Å²) in [7, 11) is 0. The number of carbonyl (C=O) groups excluding carboxylic acids is 2. The molecule has 0 amide bonds. The van der Waals surface area contributed by atoms with Crippen LogP contribution in [0.1, 0.15) is 17.1 Å². The summed E-state index contributed by atoms with van der Waals surface area (Å²) in [6.07, 6.45) is 2.98. The lowest BCUT2D eigenvalue weighted by atomic mass is 10.2. The van der Waals surface area contributed by atoms with E-state index < -0.39 is 29.0 Å². The second-order valence-corrected chi connectivity index (χ2v) is 4.89. The lowest BCUT2D eigenvalue weighted by Gasteiger charge is -2.01. The van der Waals surface area contributed by atoms with Crippen LogP contribution in [0.15, 0.2) is 41.6 Å². The van der Waals surface area contributed by atoms with Crippen molar-refractivity contribution in [2.75, 3.05) is 6.61 Å². The number of rotatable bonds is 7. The lowest BCUT2D eigenvalue weighted by molar-refractivity contribution is -0.141. The number of nitrogens with one attached hydrogen (secondary N) is 2. The maximum absolute atomic E-state index is 11.5. The van der Waals surface area contributed by atoms with Crippen LogP contribution < -0.4 is 17.1 Å². The summed E-state index contributed by atoms with van der Waals surface area (Å²) in [5.41, 5.74) is -0.982. The predicted octanol–water partition coefficient (Wildman–Crippen LogP) is -0.697. The molecule has 0 aliphatic heterocycles. The third-order valence-electron chi connectivity index (χ3n) is 3.05. The molecule has 0 unspecified atom stereocenters. The summed E-state index contributed by atoms with van der Waals surface area (Å²) >= 11 is 0. The first-order valence-corrected chi connectivity index (χ1v) is 7.27. The molecule has 0 saturated carbocycles. The zero-order valence-corrected chi connectivity index (χ0v) is 13.5. The minimum Gasteiger partial charge on any atom is -0.462 e. The standard InChI is InChI=1S/C15H14N2O9/c1-8-10(26-15(22)25-8)7-24-12(19)3-2-11(18)23-5-4-9-6-16-14(21)17-13(9)20/h2-3,6H,4-5,7H2,1H3,(H2,16,17,20,21)/b3-2+. The maximum atomic E-state index is 11.5. The average Bonchev–Trinajstić information content (AvgIpc) is 2.90. The first kappa shape index (κ1) is 18.7. The molecule has 0 bridgehead atoms. The van der Waals surface area contributed by atoms with Crippen molar-refractivity contribution in [1.82, 2.24) is 9.97 Å². The number of hydrogen-bond donors (Lipinski definition) is 2. The molecular weight excluding hydrogens is 352 g/mol. The normalized spacial score (nSPS) is 10.8. The average molecular weight is 366 g/mol. The molecule has 2 N–H and O–H groups in total. The van der Waals surface area contributed by atoms with E-state index in [-0.39, 0.29) is 36.7 Å². The molecule has 0 aliphatic carbocycles. The second-order valence-electron chi connectivity index (χ2n) is 4.89. The quantitative estimate of drug-likeness (QED) is 0.477. The van der Waals surface area contributed by atoms with Crippen LogP contribution in [0.4, 0.5) is 0 Å². The summed E-state index contributed by atoms with van der Waals surface area (Å²) in [5.74, 6) is -2.35. The first-order valence-electron chi connectivity index (χ1n) is 7.27. The minimum absolute atomic E-state index is 0.0606. The Morgan fingerprint density at radius 1 is 1.12 bits per heavy atom. The second kappa shape index (κ2) is 8.46. The zero-order valence-electron chi connectivity index (χ0n) is 13.5. The van der Waals surface area contributed by atoms with Crippen LogP contribution in [0, 0.1) is 6.92 Å². The number of aromatic nitrogens is 2. The van der Waals surface area contributed by atoms with Crippen molar-refractivity contribution in [2.45, 2.75) is 20.0 Å². The maximum Gasteiger partial charge on any atom is 0.519 e. The van der Waals surface area contributed by atoms with Gasteiger partial charge in [0.2, 0.25) is 0 Å². The molecule has 0 aliphatic rings. The molecule has 2 heterocycles. The molecule has 26 heavy (non-hydrogen) atoms. The molecule has 2 rings (SSSR count). The van der Waals surface area contributed by atoms with Gasteiger partial charge in [-0.1, -0.05) is 0 Å². The highest BCUT2D eigenvalue weighted by molar-refractivity contribution is 5.91. The fourth-order valence-corrected chi connectivity index (χ4v) is 1.76. The van der Waals surface area contributed by atoms with Crippen LogP contribution in [-0.2, 0) is 32.1 Å². The molecule has 11 nitrogen and oxygen atoms in total. The van der Waals surface area contributed by atoms with Gasteiger partial charge in [-0.3, -0.25) is 9.78 Å². The number of aryl methyl sites for hydroxylation is 1. The van der Waals surface area contributed by atoms with Gasteiger partial charge >= 0.3 is 23.5 Å². The molecule has 0 spiro atoms. The van der Waals surface area contributed by atoms with Crippen molar-refractivity contribution < 1.29 is 27.9 Å². The van der Waals surface area contributed by atoms with Gasteiger partial charge in [0, 0.05) is 30.3 Å². The summed E-state index contributed by atoms with van der Waals surface area (Å²) < 4.78 is 18.8. The highest BCUT2D eigenvalue weighted by atomic mass is 16.6. The Morgan fingerprint density at radius 2 is 1.81 bits per heavy atom. The van der Waals surface area contributed by atoms with Crippen LogP contribution >= 0.6 is 0 Å². The Morgan fingerprint density at radius 3 is 2.42 bits per heavy atom. The highest BCUT2D eigenvalue weighted by Crippen LogP contribution is 2.06. The van der Waals surface area contributed by atoms with E-state index in [1.54, 1.807) is 0 Å². The van der Waals surface area contributed by atoms with E-state index in [0.29, 0.717) is 0 Å². The molecule has 0 saturated heterocycles. The van der Waals surface area contributed by atoms with E-state index in [1.807, 2.05) is 4.98 Å². The van der Waals surface area contributed by atoms with E-state index >= 15 is 0 Å². The van der Waals surface area contributed by atoms with Crippen molar-refractivity contribution in [3.05, 3.63) is 66.9 Å². The molecule has 0 aromatic carbocycles. The molecule has 2 aromatic heterocycles. The largest absolute Gasteiger partial charge is 0.519 e. The third-order valence-corrected chi connectivity index (χ3v) is 3.05. The van der Waals surface area contributed by atoms with Crippen LogP contribution in [0.25, 0.3) is 0 Å². The van der Waals surface area contributed by atoms with Crippen LogP contribution in [0.2, 0.25) is 0 Å². The monoisotopic (exact) mass is 366 g/mol. The van der Waals surface area contributed by atoms with Gasteiger partial charge in [0.15, 0.2) is 18.1 Å². The summed E-state index contributed by atoms with van der Waals surface area (Å²) in [5, 5.41) is 0. The molecule has 0 atom stereocenters. The number of aromatic amines is 2. The van der Waals surface area contributed by atoms with Gasteiger partial charge in [-0.2, -0.15) is 0 Å². The van der Waals surface area contributed by atoms with Gasteiger partial charge in [-0.15, -0.1) is 0 Å². The van der Waals surface area contributed by atoms with Crippen molar-refractivity contribution in [2.24, 2.45) is 0 Å². The predicted molar refractivity (Wildman–Crippen MR) is 83.3 cm³/mol. The number of H-pyrrole nitrogens is 2. The Balaban J connectivity index is 1.75. The van der Waals surface area contributed by atoms with Gasteiger partial charge in [0.25, 0.3) is 5.56 Å².